The van der Waals surface area contributed by atoms with Crippen LogP contribution >= 0.6 is 11.6 Å². The summed E-state index contributed by atoms with van der Waals surface area (Å²) in [5, 5.41) is 12.6. The average Bonchev–Trinajstić information content (AvgIpc) is 1.65. The summed E-state index contributed by atoms with van der Waals surface area (Å²) in [5.41, 5.74) is 26.5. The van der Waals surface area contributed by atoms with Crippen LogP contribution in [-0.4, -0.2) is 38.1 Å². The minimum absolute atomic E-state index is 0.130. The number of rotatable bonds is 12. The van der Waals surface area contributed by atoms with Gasteiger partial charge in [0.2, 0.25) is 11.2 Å². The summed E-state index contributed by atoms with van der Waals surface area (Å²) in [5.74, 6) is 1.43. The van der Waals surface area contributed by atoms with Gasteiger partial charge in [-0.1, -0.05) is 233 Å². The molecule has 0 amide bonds. The van der Waals surface area contributed by atoms with Crippen molar-refractivity contribution >= 4 is 78.6 Å². The van der Waals surface area contributed by atoms with E-state index in [0.29, 0.717) is 24.0 Å². The maximum Gasteiger partial charge on any atom is 0.226 e. The van der Waals surface area contributed by atoms with Crippen molar-refractivity contribution in [2.45, 2.75) is 51.5 Å². The molecule has 0 saturated heterocycles. The molecular formula is C81H64ClN7. The first-order valence-electron chi connectivity index (χ1n) is 30.6. The van der Waals surface area contributed by atoms with Gasteiger partial charge in [0.1, 0.15) is 0 Å². The van der Waals surface area contributed by atoms with E-state index in [1.807, 2.05) is 13.1 Å². The topological polar surface area (TPSA) is 94.0 Å². The molecule has 430 valence electrons. The van der Waals surface area contributed by atoms with Crippen LogP contribution in [0, 0.1) is 0 Å². The van der Waals surface area contributed by atoms with E-state index in [2.05, 4.69) is 286 Å². The van der Waals surface area contributed by atoms with Crippen LogP contribution in [0.5, 0.6) is 0 Å². The number of allylic oxidation sites excluding steroid dienone is 3. The molecule has 13 aromatic rings. The average molecular weight is 1170 g/mol. The van der Waals surface area contributed by atoms with Gasteiger partial charge in [0.15, 0.2) is 11.6 Å². The second kappa shape index (κ2) is 22.0. The molecule has 0 unspecified atom stereocenters. The van der Waals surface area contributed by atoms with Gasteiger partial charge in [-0.15, -0.1) is 0 Å². The molecule has 7 nitrogen and oxygen atoms in total. The van der Waals surface area contributed by atoms with Crippen LogP contribution in [0.3, 0.4) is 0 Å². The van der Waals surface area contributed by atoms with Gasteiger partial charge in [-0.25, -0.2) is 9.98 Å². The first-order chi connectivity index (χ1) is 43.4. The molecule has 0 aliphatic heterocycles. The van der Waals surface area contributed by atoms with Crippen LogP contribution in [0.15, 0.2) is 248 Å². The quantitative estimate of drug-likeness (QED) is 0.0722. The van der Waals surface area contributed by atoms with E-state index in [4.69, 9.17) is 37.3 Å². The molecule has 0 radical (unpaired) electrons. The monoisotopic (exact) mass is 1170 g/mol. The fraction of sp³-hybridized carbons (Fsp3) is 0.111. The van der Waals surface area contributed by atoms with Gasteiger partial charge in [-0.05, 0) is 172 Å². The molecule has 2 aliphatic carbocycles. The van der Waals surface area contributed by atoms with Crippen molar-refractivity contribution in [3.8, 4) is 67.3 Å². The highest BCUT2D eigenvalue weighted by Gasteiger charge is 2.40. The number of nitrogens with two attached hydrogens (primary N) is 1. The lowest BCUT2D eigenvalue weighted by Gasteiger charge is -2.27. The summed E-state index contributed by atoms with van der Waals surface area (Å²) in [6.07, 6.45) is 12.5. The Morgan fingerprint density at radius 1 is 0.562 bits per heavy atom. The van der Waals surface area contributed by atoms with Crippen LogP contribution in [0.25, 0.3) is 128 Å². The van der Waals surface area contributed by atoms with E-state index in [1.165, 1.54) is 49.7 Å². The van der Waals surface area contributed by atoms with Crippen molar-refractivity contribution in [3.05, 3.63) is 286 Å². The van der Waals surface area contributed by atoms with Gasteiger partial charge in [-0.2, -0.15) is 9.97 Å². The molecule has 3 N–H and O–H groups in total. The second-order valence-electron chi connectivity index (χ2n) is 24.2. The second-order valence-corrected chi connectivity index (χ2v) is 24.5. The number of aromatic nitrogens is 4. The van der Waals surface area contributed by atoms with Gasteiger partial charge in [-0.3, -0.25) is 4.57 Å². The number of benzene rings is 11. The zero-order chi connectivity index (χ0) is 60.5. The lowest BCUT2D eigenvalue weighted by Crippen LogP contribution is -2.28. The maximum absolute atomic E-state index is 7.50. The van der Waals surface area contributed by atoms with Crippen LogP contribution in [-0.2, 0) is 11.8 Å². The third-order valence-corrected chi connectivity index (χ3v) is 18.3. The van der Waals surface area contributed by atoms with Crippen molar-refractivity contribution < 1.29 is 0 Å². The third-order valence-electron chi connectivity index (χ3n) is 18.2. The molecule has 89 heavy (non-hydrogen) atoms. The number of para-hydroxylation sites is 2. The highest BCUT2D eigenvalue weighted by molar-refractivity contribution is 6.28. The summed E-state index contributed by atoms with van der Waals surface area (Å²) in [7, 11) is 1.96. The van der Waals surface area contributed by atoms with Gasteiger partial charge < -0.3 is 11.1 Å². The standard InChI is InChI=1S/C81H64ClN7/c1-6-7-20-58(49-84-5)63-28-16-15-27-62(63)55-38-35-52-39-42-71-73(69(52)45-55)68-41-40-64(66-30-19-31-67-65-29-17-18-32-72(65)89(75(66)67)79(83)88-81(4)47-56-24-11-12-25-57(56)48-81)70(74(68)80(71,2)3)46-59-44-60(43-54-23-13-14-26-61(54)59)77-85-76(86-78(82)87-77)53-36-33-51(34-37-53)50-21-9-8-10-22-50/h7-45,47-49,84H,6,46H2,1-5H3,(H2,83,88)/b20-7-,58-49+. The summed E-state index contributed by atoms with van der Waals surface area (Å²) < 4.78 is 2.20. The van der Waals surface area contributed by atoms with E-state index in [-0.39, 0.29) is 5.28 Å². The van der Waals surface area contributed by atoms with Crippen molar-refractivity contribution in [1.29, 1.82) is 0 Å². The molecule has 11 aromatic carbocycles. The lowest BCUT2D eigenvalue weighted by molar-refractivity contribution is 0.654. The Balaban J connectivity index is 0.959. The van der Waals surface area contributed by atoms with Gasteiger partial charge >= 0.3 is 0 Å². The summed E-state index contributed by atoms with van der Waals surface area (Å²) in [6, 6.07) is 80.7. The Morgan fingerprint density at radius 2 is 1.20 bits per heavy atom. The number of nitrogens with zero attached hydrogens (tertiary/aromatic N) is 5. The number of fused-ring (bicyclic) bond motifs is 10. The first kappa shape index (κ1) is 55.1. The number of halogens is 1. The normalized spacial score (nSPS) is 14.1. The summed E-state index contributed by atoms with van der Waals surface area (Å²) in [4.78, 5) is 20.2. The predicted octanol–water partition coefficient (Wildman–Crippen LogP) is 17.9. The van der Waals surface area contributed by atoms with Gasteiger partial charge in [0.25, 0.3) is 0 Å². The van der Waals surface area contributed by atoms with Crippen molar-refractivity contribution in [2.24, 2.45) is 10.7 Å². The highest BCUT2D eigenvalue weighted by Crippen LogP contribution is 2.56. The van der Waals surface area contributed by atoms with Gasteiger partial charge in [0, 0.05) is 46.1 Å². The van der Waals surface area contributed by atoms with Crippen LogP contribution in [0.4, 0.5) is 0 Å². The molecule has 0 spiro atoms. The Labute approximate surface area is 523 Å². The van der Waals surface area contributed by atoms with E-state index in [1.54, 1.807) is 0 Å². The zero-order valence-corrected chi connectivity index (χ0v) is 51.1. The molecule has 0 bridgehead atoms. The minimum Gasteiger partial charge on any atom is -0.393 e. The van der Waals surface area contributed by atoms with Crippen molar-refractivity contribution in [1.82, 2.24) is 24.8 Å². The minimum atomic E-state index is -0.667. The predicted molar refractivity (Wildman–Crippen MR) is 373 cm³/mol. The Kier molecular flexibility index (Phi) is 13.7. The number of nitrogens with one attached hydrogen (secondary N) is 1. The van der Waals surface area contributed by atoms with Crippen LogP contribution in [0.1, 0.15) is 61.9 Å². The molecule has 2 aliphatic rings. The molecule has 15 rings (SSSR count). The molecule has 0 fully saturated rings. The van der Waals surface area contributed by atoms with Crippen LogP contribution in [0.2, 0.25) is 5.28 Å². The van der Waals surface area contributed by atoms with Gasteiger partial charge in [0.05, 0.1) is 16.6 Å². The molecule has 2 heterocycles. The Morgan fingerprint density at radius 3 is 1.99 bits per heavy atom. The van der Waals surface area contributed by atoms with E-state index < -0.39 is 11.0 Å². The molecule has 2 aromatic heterocycles. The number of aliphatic imine (C=N–C) groups is 1. The van der Waals surface area contributed by atoms with Crippen molar-refractivity contribution in [2.75, 3.05) is 7.05 Å². The van der Waals surface area contributed by atoms with E-state index >= 15 is 0 Å². The fourth-order valence-electron chi connectivity index (χ4n) is 14.2. The Bertz CT molecular complexity index is 5230. The molecule has 0 atom stereocenters. The maximum atomic E-state index is 7.50. The fourth-order valence-corrected chi connectivity index (χ4v) is 14.4. The SMILES string of the molecule is CC/C=C\C(=C/NC)c1ccccc1-c1ccc2ccc3c(c2c1)-c1ccc(-c2cccc4c5ccccc5n(C(N)=NC5(C)C=c6ccccc6=C5)c24)c(Cc2cc(-c4nc(Cl)nc(-c5ccc(-c6ccccc6)cc5)n4)cc4ccccc24)c1C3(C)C. The van der Waals surface area contributed by atoms with E-state index in [0.717, 1.165) is 99.5 Å². The smallest absolute Gasteiger partial charge is 0.226 e. The largest absolute Gasteiger partial charge is 0.393 e. The number of hydrogen-bond acceptors (Lipinski definition) is 5. The van der Waals surface area contributed by atoms with Crippen molar-refractivity contribution in [3.63, 3.8) is 0 Å². The summed E-state index contributed by atoms with van der Waals surface area (Å²) in [6.45, 7) is 9.13. The Hall–Kier alpha value is -10.5. The lowest BCUT2D eigenvalue weighted by atomic mass is 9.76. The zero-order valence-electron chi connectivity index (χ0n) is 50.4. The molecule has 8 heteroatoms. The molecule has 0 saturated carbocycles. The number of hydrogen-bond donors (Lipinski definition) is 2. The van der Waals surface area contributed by atoms with E-state index in [9.17, 15) is 0 Å². The third kappa shape index (κ3) is 9.61. The first-order valence-corrected chi connectivity index (χ1v) is 31.0. The molecular weight excluding hydrogens is 1110 g/mol. The van der Waals surface area contributed by atoms with Crippen LogP contribution < -0.4 is 21.5 Å². The summed E-state index contributed by atoms with van der Waals surface area (Å²) >= 11 is 6.93. The highest BCUT2D eigenvalue weighted by atomic mass is 35.5.